The lowest BCUT2D eigenvalue weighted by molar-refractivity contribution is -0.119. The number of aliphatic hydroxyl groups excluding tert-OH is 1. The monoisotopic (exact) mass is 289 g/mol. The summed E-state index contributed by atoms with van der Waals surface area (Å²) in [4.78, 5) is 12.1. The van der Waals surface area contributed by atoms with Crippen molar-refractivity contribution in [1.29, 1.82) is 0 Å². The summed E-state index contributed by atoms with van der Waals surface area (Å²) in [6.45, 7) is 1.96. The Labute approximate surface area is 115 Å². The predicted molar refractivity (Wildman–Crippen MR) is 71.0 cm³/mol. The van der Waals surface area contributed by atoms with Crippen LogP contribution in [0, 0.1) is 11.6 Å². The minimum absolute atomic E-state index is 0.00907. The van der Waals surface area contributed by atoms with Gasteiger partial charge in [0.05, 0.1) is 5.75 Å². The highest BCUT2D eigenvalue weighted by molar-refractivity contribution is 8.00. The summed E-state index contributed by atoms with van der Waals surface area (Å²) in [5, 5.41) is 11.4. The first-order chi connectivity index (χ1) is 9.02. The van der Waals surface area contributed by atoms with E-state index in [9.17, 15) is 13.6 Å². The number of halogens is 2. The minimum Gasteiger partial charge on any atom is -0.396 e. The Hall–Kier alpha value is -1.14. The first kappa shape index (κ1) is 15.9. The smallest absolute Gasteiger partial charge is 0.230 e. The average Bonchev–Trinajstić information content (AvgIpc) is 2.38. The molecule has 0 aliphatic carbocycles. The second kappa shape index (κ2) is 8.12. The van der Waals surface area contributed by atoms with Crippen molar-refractivity contribution >= 4 is 17.7 Å². The second-order valence-corrected chi connectivity index (χ2v) is 5.25. The van der Waals surface area contributed by atoms with Crippen LogP contribution in [0.3, 0.4) is 0 Å². The molecule has 1 aromatic carbocycles. The van der Waals surface area contributed by atoms with E-state index in [4.69, 9.17) is 5.11 Å². The SMILES string of the molecule is CC(CCCO)NC(=O)CSc1ccc(F)c(F)c1. The van der Waals surface area contributed by atoms with E-state index in [-0.39, 0.29) is 24.3 Å². The lowest BCUT2D eigenvalue weighted by atomic mass is 10.2. The van der Waals surface area contributed by atoms with Crippen LogP contribution >= 0.6 is 11.8 Å². The Morgan fingerprint density at radius 2 is 2.16 bits per heavy atom. The molecule has 2 N–H and O–H groups in total. The fourth-order valence-corrected chi connectivity index (χ4v) is 2.23. The van der Waals surface area contributed by atoms with Crippen molar-refractivity contribution in [2.75, 3.05) is 12.4 Å². The maximum atomic E-state index is 12.9. The molecule has 1 rings (SSSR count). The normalized spacial score (nSPS) is 12.2. The van der Waals surface area contributed by atoms with Crippen LogP contribution in [0.15, 0.2) is 23.1 Å². The van der Waals surface area contributed by atoms with Gasteiger partial charge in [0.15, 0.2) is 11.6 Å². The van der Waals surface area contributed by atoms with Gasteiger partial charge in [-0.2, -0.15) is 0 Å². The van der Waals surface area contributed by atoms with E-state index >= 15 is 0 Å². The molecule has 0 heterocycles. The molecule has 3 nitrogen and oxygen atoms in total. The van der Waals surface area contributed by atoms with Gasteiger partial charge in [-0.25, -0.2) is 8.78 Å². The predicted octanol–water partition coefficient (Wildman–Crippen LogP) is 2.33. The number of hydrogen-bond acceptors (Lipinski definition) is 3. The standard InChI is InChI=1S/C13H17F2NO2S/c1-9(3-2-6-17)16-13(18)8-19-10-4-5-11(14)12(15)7-10/h4-5,7,9,17H,2-3,6,8H2,1H3,(H,16,18). The fraction of sp³-hybridized carbons (Fsp3) is 0.462. The zero-order valence-electron chi connectivity index (χ0n) is 10.7. The summed E-state index contributed by atoms with van der Waals surface area (Å²) in [7, 11) is 0. The summed E-state index contributed by atoms with van der Waals surface area (Å²) in [6, 6.07) is 3.54. The topological polar surface area (TPSA) is 49.3 Å². The summed E-state index contributed by atoms with van der Waals surface area (Å²) in [6.07, 6.45) is 1.34. The zero-order valence-corrected chi connectivity index (χ0v) is 11.5. The van der Waals surface area contributed by atoms with Crippen molar-refractivity contribution in [3.63, 3.8) is 0 Å². The molecule has 1 aromatic rings. The molecule has 1 atom stereocenters. The Morgan fingerprint density at radius 3 is 2.79 bits per heavy atom. The van der Waals surface area contributed by atoms with Gasteiger partial charge in [0.2, 0.25) is 5.91 Å². The van der Waals surface area contributed by atoms with Crippen molar-refractivity contribution in [1.82, 2.24) is 5.32 Å². The van der Waals surface area contributed by atoms with Gasteiger partial charge < -0.3 is 10.4 Å². The van der Waals surface area contributed by atoms with E-state index in [1.54, 1.807) is 0 Å². The summed E-state index contributed by atoms with van der Waals surface area (Å²) < 4.78 is 25.6. The van der Waals surface area contributed by atoms with Crippen LogP contribution in [0.1, 0.15) is 19.8 Å². The first-order valence-electron chi connectivity index (χ1n) is 6.01. The van der Waals surface area contributed by atoms with Gasteiger partial charge in [0.1, 0.15) is 0 Å². The van der Waals surface area contributed by atoms with Crippen LogP contribution in [0.2, 0.25) is 0 Å². The third kappa shape index (κ3) is 6.02. The van der Waals surface area contributed by atoms with Crippen LogP contribution < -0.4 is 5.32 Å². The average molecular weight is 289 g/mol. The Bertz CT molecular complexity index is 429. The number of rotatable bonds is 7. The number of thioether (sulfide) groups is 1. The molecule has 0 aliphatic rings. The highest BCUT2D eigenvalue weighted by atomic mass is 32.2. The van der Waals surface area contributed by atoms with Gasteiger partial charge in [0.25, 0.3) is 0 Å². The first-order valence-corrected chi connectivity index (χ1v) is 6.99. The number of amides is 1. The number of carbonyl (C=O) groups excluding carboxylic acids is 1. The molecule has 0 saturated carbocycles. The Balaban J connectivity index is 2.35. The van der Waals surface area contributed by atoms with E-state index in [2.05, 4.69) is 5.32 Å². The largest absolute Gasteiger partial charge is 0.396 e. The summed E-state index contributed by atoms with van der Waals surface area (Å²) >= 11 is 1.15. The summed E-state index contributed by atoms with van der Waals surface area (Å²) in [5.41, 5.74) is 0. The molecule has 0 aliphatic heterocycles. The van der Waals surface area contributed by atoms with Crippen molar-refractivity contribution in [3.8, 4) is 0 Å². The van der Waals surface area contributed by atoms with E-state index in [0.717, 1.165) is 23.9 Å². The molecule has 0 radical (unpaired) electrons. The van der Waals surface area contributed by atoms with Gasteiger partial charge >= 0.3 is 0 Å². The number of benzene rings is 1. The Kier molecular flexibility index (Phi) is 6.80. The van der Waals surface area contributed by atoms with Gasteiger partial charge in [-0.15, -0.1) is 11.8 Å². The molecule has 0 bridgehead atoms. The quantitative estimate of drug-likeness (QED) is 0.757. The number of hydrogen-bond donors (Lipinski definition) is 2. The Morgan fingerprint density at radius 1 is 1.42 bits per heavy atom. The van der Waals surface area contributed by atoms with Crippen LogP contribution in [0.25, 0.3) is 0 Å². The van der Waals surface area contributed by atoms with Crippen molar-refractivity contribution in [3.05, 3.63) is 29.8 Å². The maximum Gasteiger partial charge on any atom is 0.230 e. The molecule has 19 heavy (non-hydrogen) atoms. The van der Waals surface area contributed by atoms with Crippen molar-refractivity contribution in [2.24, 2.45) is 0 Å². The van der Waals surface area contributed by atoms with Gasteiger partial charge in [0, 0.05) is 17.5 Å². The molecular weight excluding hydrogens is 272 g/mol. The molecule has 1 unspecified atom stereocenters. The summed E-state index contributed by atoms with van der Waals surface area (Å²) in [5.74, 6) is -1.83. The molecule has 0 aromatic heterocycles. The number of carbonyl (C=O) groups is 1. The third-order valence-electron chi connectivity index (χ3n) is 2.46. The van der Waals surface area contributed by atoms with E-state index in [1.165, 1.54) is 6.07 Å². The molecule has 0 saturated heterocycles. The minimum atomic E-state index is -0.915. The van der Waals surface area contributed by atoms with E-state index < -0.39 is 11.6 Å². The second-order valence-electron chi connectivity index (χ2n) is 4.20. The van der Waals surface area contributed by atoms with E-state index in [1.807, 2.05) is 6.92 Å². The lowest BCUT2D eigenvalue weighted by Crippen LogP contribution is -2.33. The zero-order chi connectivity index (χ0) is 14.3. The molecule has 0 fully saturated rings. The maximum absolute atomic E-state index is 12.9. The fourth-order valence-electron chi connectivity index (χ4n) is 1.50. The van der Waals surface area contributed by atoms with Gasteiger partial charge in [-0.1, -0.05) is 0 Å². The van der Waals surface area contributed by atoms with Crippen molar-refractivity contribution in [2.45, 2.75) is 30.7 Å². The molecule has 0 spiro atoms. The lowest BCUT2D eigenvalue weighted by Gasteiger charge is -2.12. The van der Waals surface area contributed by atoms with E-state index in [0.29, 0.717) is 17.7 Å². The van der Waals surface area contributed by atoms with Crippen LogP contribution in [0.4, 0.5) is 8.78 Å². The molecule has 1 amide bonds. The highest BCUT2D eigenvalue weighted by Crippen LogP contribution is 2.20. The molecule has 6 heteroatoms. The molecule has 106 valence electrons. The van der Waals surface area contributed by atoms with Crippen LogP contribution in [-0.2, 0) is 4.79 Å². The van der Waals surface area contributed by atoms with Crippen LogP contribution in [0.5, 0.6) is 0 Å². The molecular formula is C13H17F2NO2S. The number of aliphatic hydroxyl groups is 1. The van der Waals surface area contributed by atoms with Crippen molar-refractivity contribution < 1.29 is 18.7 Å². The van der Waals surface area contributed by atoms with Crippen LogP contribution in [-0.4, -0.2) is 29.4 Å². The third-order valence-corrected chi connectivity index (χ3v) is 3.46. The van der Waals surface area contributed by atoms with Gasteiger partial charge in [-0.05, 0) is 38.0 Å². The van der Waals surface area contributed by atoms with Gasteiger partial charge in [-0.3, -0.25) is 4.79 Å². The number of nitrogens with one attached hydrogen (secondary N) is 1. The highest BCUT2D eigenvalue weighted by Gasteiger charge is 2.09.